The number of carbonyl (C=O) groups is 1. The number of carbonyl (C=O) groups excluding carboxylic acids is 1. The van der Waals surface area contributed by atoms with E-state index in [4.69, 9.17) is 0 Å². The number of rotatable bonds is 2. The van der Waals surface area contributed by atoms with Crippen LogP contribution in [0.5, 0.6) is 0 Å². The number of benzene rings is 1. The Kier molecular flexibility index (Phi) is 3.89. The maximum atomic E-state index is 11.3. The fourth-order valence-corrected chi connectivity index (χ4v) is 2.49. The number of esters is 1. The van der Waals surface area contributed by atoms with Crippen molar-refractivity contribution in [3.8, 4) is 0 Å². The minimum atomic E-state index is -0.433. The van der Waals surface area contributed by atoms with E-state index in [9.17, 15) is 4.79 Å². The molecule has 4 heteroatoms. The Hall–Kier alpha value is -0.610. The summed E-state index contributed by atoms with van der Waals surface area (Å²) in [6.45, 7) is 3.68. The van der Waals surface area contributed by atoms with Crippen molar-refractivity contribution in [2.75, 3.05) is 7.11 Å². The molecule has 0 spiro atoms. The van der Waals surface area contributed by atoms with E-state index in [1.807, 2.05) is 18.2 Å². The van der Waals surface area contributed by atoms with E-state index in [2.05, 4.69) is 43.2 Å². The molecule has 2 nitrogen and oxygen atoms in total. The second-order valence-electron chi connectivity index (χ2n) is 2.57. The van der Waals surface area contributed by atoms with Crippen molar-refractivity contribution >= 4 is 43.4 Å². The standard InChI is InChI=1S/C10H8Br2O2/c1-6(10(13)14-2)9-7(11)4-3-5-8(9)12/h3-5H,1H2,2H3. The van der Waals surface area contributed by atoms with Gasteiger partial charge in [0.2, 0.25) is 0 Å². The Morgan fingerprint density at radius 3 is 2.29 bits per heavy atom. The molecule has 0 N–H and O–H groups in total. The number of methoxy groups -OCH3 is 1. The van der Waals surface area contributed by atoms with Crippen molar-refractivity contribution < 1.29 is 9.53 Å². The summed E-state index contributed by atoms with van der Waals surface area (Å²) < 4.78 is 6.21. The molecular formula is C10H8Br2O2. The van der Waals surface area contributed by atoms with Crippen LogP contribution in [0.2, 0.25) is 0 Å². The molecule has 0 aliphatic heterocycles. The van der Waals surface area contributed by atoms with E-state index in [1.54, 1.807) is 0 Å². The van der Waals surface area contributed by atoms with Crippen molar-refractivity contribution in [3.63, 3.8) is 0 Å². The zero-order chi connectivity index (χ0) is 10.7. The summed E-state index contributed by atoms with van der Waals surface area (Å²) in [6.07, 6.45) is 0. The minimum Gasteiger partial charge on any atom is -0.465 e. The lowest BCUT2D eigenvalue weighted by atomic mass is 10.1. The zero-order valence-electron chi connectivity index (χ0n) is 7.51. The minimum absolute atomic E-state index is 0.326. The second kappa shape index (κ2) is 4.75. The summed E-state index contributed by atoms with van der Waals surface area (Å²) in [5.41, 5.74) is 1.05. The Bertz CT molecular complexity index is 365. The van der Waals surface area contributed by atoms with Gasteiger partial charge in [-0.05, 0) is 12.1 Å². The first-order chi connectivity index (χ1) is 6.57. The highest BCUT2D eigenvalue weighted by Crippen LogP contribution is 2.31. The summed E-state index contributed by atoms with van der Waals surface area (Å²) in [5.74, 6) is -0.433. The van der Waals surface area contributed by atoms with E-state index in [1.165, 1.54) is 7.11 Å². The van der Waals surface area contributed by atoms with Crippen LogP contribution in [0.1, 0.15) is 5.56 Å². The maximum Gasteiger partial charge on any atom is 0.337 e. The van der Waals surface area contributed by atoms with Gasteiger partial charge in [0.25, 0.3) is 0 Å². The van der Waals surface area contributed by atoms with E-state index in [0.29, 0.717) is 5.57 Å². The van der Waals surface area contributed by atoms with Gasteiger partial charge in [-0.1, -0.05) is 44.5 Å². The molecule has 0 bridgehead atoms. The number of hydrogen-bond acceptors (Lipinski definition) is 2. The van der Waals surface area contributed by atoms with Crippen LogP contribution in [0.4, 0.5) is 0 Å². The molecule has 0 aliphatic carbocycles. The Labute approximate surface area is 99.2 Å². The Morgan fingerprint density at radius 1 is 1.36 bits per heavy atom. The van der Waals surface area contributed by atoms with Gasteiger partial charge in [0, 0.05) is 14.5 Å². The van der Waals surface area contributed by atoms with Crippen molar-refractivity contribution in [1.29, 1.82) is 0 Å². The molecule has 0 amide bonds. The quantitative estimate of drug-likeness (QED) is 0.617. The summed E-state index contributed by atoms with van der Waals surface area (Å²) in [6, 6.07) is 5.55. The molecule has 0 unspecified atom stereocenters. The van der Waals surface area contributed by atoms with E-state index in [-0.39, 0.29) is 0 Å². The van der Waals surface area contributed by atoms with Crippen LogP contribution in [0.3, 0.4) is 0 Å². The van der Waals surface area contributed by atoms with E-state index < -0.39 is 5.97 Å². The molecule has 1 aromatic carbocycles. The van der Waals surface area contributed by atoms with Crippen LogP contribution in [0.15, 0.2) is 33.7 Å². The van der Waals surface area contributed by atoms with E-state index >= 15 is 0 Å². The van der Waals surface area contributed by atoms with Crippen molar-refractivity contribution in [1.82, 2.24) is 0 Å². The monoisotopic (exact) mass is 318 g/mol. The normalized spacial score (nSPS) is 9.64. The highest BCUT2D eigenvalue weighted by Gasteiger charge is 2.15. The highest BCUT2D eigenvalue weighted by molar-refractivity contribution is 9.11. The van der Waals surface area contributed by atoms with Gasteiger partial charge in [0.05, 0.1) is 12.7 Å². The average Bonchev–Trinajstić information content (AvgIpc) is 2.16. The fourth-order valence-electron chi connectivity index (χ4n) is 1.01. The molecule has 0 aliphatic rings. The summed E-state index contributed by atoms with van der Waals surface area (Å²) in [4.78, 5) is 11.3. The SMILES string of the molecule is C=C(C(=O)OC)c1c(Br)cccc1Br. The Balaban J connectivity index is 3.19. The van der Waals surface area contributed by atoms with Gasteiger partial charge in [-0.3, -0.25) is 0 Å². The lowest BCUT2D eigenvalue weighted by Gasteiger charge is -2.08. The lowest BCUT2D eigenvalue weighted by molar-refractivity contribution is -0.133. The lowest BCUT2D eigenvalue weighted by Crippen LogP contribution is -2.03. The first-order valence-electron chi connectivity index (χ1n) is 3.79. The molecule has 1 aromatic rings. The van der Waals surface area contributed by atoms with Crippen molar-refractivity contribution in [3.05, 3.63) is 39.3 Å². The Morgan fingerprint density at radius 2 is 1.86 bits per heavy atom. The summed E-state index contributed by atoms with van der Waals surface area (Å²) in [7, 11) is 1.33. The van der Waals surface area contributed by atoms with Gasteiger partial charge in [0.1, 0.15) is 0 Å². The average molecular weight is 320 g/mol. The molecule has 0 atom stereocenters. The third-order valence-electron chi connectivity index (χ3n) is 1.70. The van der Waals surface area contributed by atoms with Crippen LogP contribution in [0, 0.1) is 0 Å². The first-order valence-corrected chi connectivity index (χ1v) is 5.38. The molecule has 0 heterocycles. The molecule has 0 fully saturated rings. The predicted molar refractivity (Wildman–Crippen MR) is 62.9 cm³/mol. The summed E-state index contributed by atoms with van der Waals surface area (Å²) >= 11 is 6.69. The maximum absolute atomic E-state index is 11.3. The largest absolute Gasteiger partial charge is 0.465 e. The van der Waals surface area contributed by atoms with Gasteiger partial charge in [-0.25, -0.2) is 4.79 Å². The molecule has 0 aromatic heterocycles. The molecule has 1 rings (SSSR count). The number of hydrogen-bond donors (Lipinski definition) is 0. The highest BCUT2D eigenvalue weighted by atomic mass is 79.9. The topological polar surface area (TPSA) is 26.3 Å². The summed E-state index contributed by atoms with van der Waals surface area (Å²) in [5, 5.41) is 0. The van der Waals surface area contributed by atoms with Gasteiger partial charge in [0.15, 0.2) is 0 Å². The van der Waals surface area contributed by atoms with Crippen molar-refractivity contribution in [2.24, 2.45) is 0 Å². The third-order valence-corrected chi connectivity index (χ3v) is 3.02. The van der Waals surface area contributed by atoms with Gasteiger partial charge in [-0.2, -0.15) is 0 Å². The number of halogens is 2. The predicted octanol–water partition coefficient (Wildman–Crippen LogP) is 3.40. The van der Waals surface area contributed by atoms with Gasteiger partial charge >= 0.3 is 5.97 Å². The van der Waals surface area contributed by atoms with Crippen LogP contribution < -0.4 is 0 Å². The smallest absolute Gasteiger partial charge is 0.337 e. The first kappa shape index (κ1) is 11.5. The fraction of sp³-hybridized carbons (Fsp3) is 0.100. The van der Waals surface area contributed by atoms with Gasteiger partial charge in [-0.15, -0.1) is 0 Å². The molecule has 0 saturated heterocycles. The van der Waals surface area contributed by atoms with Crippen LogP contribution >= 0.6 is 31.9 Å². The third kappa shape index (κ3) is 2.25. The van der Waals surface area contributed by atoms with Gasteiger partial charge < -0.3 is 4.74 Å². The van der Waals surface area contributed by atoms with Crippen LogP contribution in [0.25, 0.3) is 5.57 Å². The van der Waals surface area contributed by atoms with Crippen molar-refractivity contribution in [2.45, 2.75) is 0 Å². The molecule has 14 heavy (non-hydrogen) atoms. The molecule has 0 radical (unpaired) electrons. The molecule has 74 valence electrons. The number of ether oxygens (including phenoxy) is 1. The molecular weight excluding hydrogens is 312 g/mol. The second-order valence-corrected chi connectivity index (χ2v) is 4.28. The van der Waals surface area contributed by atoms with E-state index in [0.717, 1.165) is 14.5 Å². The van der Waals surface area contributed by atoms with Crippen LogP contribution in [-0.4, -0.2) is 13.1 Å². The molecule has 0 saturated carbocycles. The van der Waals surface area contributed by atoms with Crippen LogP contribution in [-0.2, 0) is 9.53 Å². The zero-order valence-corrected chi connectivity index (χ0v) is 10.7.